The number of alkyl halides is 3. The monoisotopic (exact) mass is 457 g/mol. The lowest BCUT2D eigenvalue weighted by molar-refractivity contribution is -0.264. The summed E-state index contributed by atoms with van der Waals surface area (Å²) in [5, 5.41) is 18.5. The maximum absolute atomic E-state index is 14.1. The SMILES string of the molecule is OC(CNC1=CC=CC2CCCC12)(c1ccc2c(cnn2-c2ccc(F)cc2)c1)C(F)(F)F. The summed E-state index contributed by atoms with van der Waals surface area (Å²) < 4.78 is 57.2. The number of nitrogens with one attached hydrogen (secondary N) is 1. The van der Waals surface area contributed by atoms with E-state index in [4.69, 9.17) is 0 Å². The van der Waals surface area contributed by atoms with Gasteiger partial charge in [-0.2, -0.15) is 18.3 Å². The highest BCUT2D eigenvalue weighted by Gasteiger charge is 2.55. The molecule has 2 aromatic carbocycles. The zero-order chi connectivity index (χ0) is 23.2. The lowest BCUT2D eigenvalue weighted by Crippen LogP contribution is -2.50. The average Bonchev–Trinajstić information content (AvgIpc) is 3.44. The van der Waals surface area contributed by atoms with Crippen LogP contribution in [0.3, 0.4) is 0 Å². The molecule has 2 aliphatic rings. The fourth-order valence-electron chi connectivity index (χ4n) is 4.89. The topological polar surface area (TPSA) is 50.1 Å². The third-order valence-electron chi connectivity index (χ3n) is 6.74. The largest absolute Gasteiger partial charge is 0.423 e. The van der Waals surface area contributed by atoms with Crippen LogP contribution in [-0.4, -0.2) is 27.6 Å². The number of hydrogen-bond acceptors (Lipinski definition) is 3. The van der Waals surface area contributed by atoms with E-state index < -0.39 is 24.1 Å². The first-order valence-electron chi connectivity index (χ1n) is 10.9. The molecule has 3 aromatic rings. The van der Waals surface area contributed by atoms with Crippen LogP contribution in [-0.2, 0) is 5.60 Å². The predicted octanol–water partition coefficient (Wildman–Crippen LogP) is 5.37. The molecule has 0 aliphatic heterocycles. The second-order valence-electron chi connectivity index (χ2n) is 8.73. The van der Waals surface area contributed by atoms with Crippen molar-refractivity contribution in [2.75, 3.05) is 6.54 Å². The molecule has 0 bridgehead atoms. The van der Waals surface area contributed by atoms with Crippen LogP contribution in [0.5, 0.6) is 0 Å². The Morgan fingerprint density at radius 2 is 1.88 bits per heavy atom. The number of benzene rings is 2. The molecule has 4 nitrogen and oxygen atoms in total. The Morgan fingerprint density at radius 3 is 2.64 bits per heavy atom. The molecule has 1 aromatic heterocycles. The number of nitrogens with zero attached hydrogens (tertiary/aromatic N) is 2. The molecule has 5 rings (SSSR count). The Morgan fingerprint density at radius 1 is 1.09 bits per heavy atom. The Kier molecular flexibility index (Phi) is 5.28. The van der Waals surface area contributed by atoms with Gasteiger partial charge in [0.15, 0.2) is 0 Å². The van der Waals surface area contributed by atoms with Crippen molar-refractivity contribution in [3.05, 3.63) is 84.0 Å². The molecule has 0 saturated heterocycles. The Balaban J connectivity index is 1.46. The van der Waals surface area contributed by atoms with E-state index in [1.807, 2.05) is 6.08 Å². The quantitative estimate of drug-likeness (QED) is 0.506. The molecule has 0 amide bonds. The van der Waals surface area contributed by atoms with Crippen molar-refractivity contribution in [2.45, 2.75) is 31.0 Å². The third kappa shape index (κ3) is 3.82. The van der Waals surface area contributed by atoms with E-state index in [-0.39, 0.29) is 11.5 Å². The summed E-state index contributed by atoms with van der Waals surface area (Å²) >= 11 is 0. The minimum Gasteiger partial charge on any atom is -0.384 e. The maximum Gasteiger partial charge on any atom is 0.423 e. The fourth-order valence-corrected chi connectivity index (χ4v) is 4.89. The first-order valence-corrected chi connectivity index (χ1v) is 10.9. The van der Waals surface area contributed by atoms with E-state index in [2.05, 4.69) is 16.5 Å². The van der Waals surface area contributed by atoms with Crippen LogP contribution in [0.15, 0.2) is 72.6 Å². The maximum atomic E-state index is 14.1. The highest BCUT2D eigenvalue weighted by atomic mass is 19.4. The molecule has 1 saturated carbocycles. The molecule has 1 heterocycles. The van der Waals surface area contributed by atoms with Crippen LogP contribution in [0.2, 0.25) is 0 Å². The van der Waals surface area contributed by atoms with Crippen molar-refractivity contribution in [1.29, 1.82) is 0 Å². The summed E-state index contributed by atoms with van der Waals surface area (Å²) in [4.78, 5) is 0. The molecular formula is C25H23F4N3O. The molecule has 8 heteroatoms. The summed E-state index contributed by atoms with van der Waals surface area (Å²) in [6.07, 6.45) is 5.31. The van der Waals surface area contributed by atoms with Crippen LogP contribution in [0.4, 0.5) is 17.6 Å². The molecule has 2 aliphatic carbocycles. The van der Waals surface area contributed by atoms with Gasteiger partial charge < -0.3 is 10.4 Å². The first kappa shape index (κ1) is 21.7. The van der Waals surface area contributed by atoms with Gasteiger partial charge in [-0.25, -0.2) is 9.07 Å². The van der Waals surface area contributed by atoms with Gasteiger partial charge in [0.1, 0.15) is 5.82 Å². The second kappa shape index (κ2) is 8.02. The van der Waals surface area contributed by atoms with Crippen LogP contribution in [0, 0.1) is 17.7 Å². The van der Waals surface area contributed by atoms with E-state index in [9.17, 15) is 22.7 Å². The van der Waals surface area contributed by atoms with E-state index in [0.717, 1.165) is 25.0 Å². The molecule has 0 spiro atoms. The summed E-state index contributed by atoms with van der Waals surface area (Å²) in [5.74, 6) is 0.113. The predicted molar refractivity (Wildman–Crippen MR) is 117 cm³/mol. The standard InChI is InChI=1S/C25H23F4N3O/c26-19-8-10-20(11-9-19)32-23-12-7-18(13-17(23)14-31-32)24(33,25(27,28)29)15-30-22-6-2-4-16-3-1-5-21(16)22/h2,4,6-14,16,21,30,33H,1,3,5,15H2. The smallest absolute Gasteiger partial charge is 0.384 e. The summed E-state index contributed by atoms with van der Waals surface area (Å²) in [6, 6.07) is 9.72. The zero-order valence-corrected chi connectivity index (χ0v) is 17.7. The number of aromatic nitrogens is 2. The van der Waals surface area contributed by atoms with Crippen LogP contribution < -0.4 is 5.32 Å². The number of hydrogen-bond donors (Lipinski definition) is 2. The summed E-state index contributed by atoms with van der Waals surface area (Å²) in [6.45, 7) is -0.684. The fraction of sp³-hybridized carbons (Fsp3) is 0.320. The van der Waals surface area contributed by atoms with E-state index in [0.29, 0.717) is 22.5 Å². The molecular weight excluding hydrogens is 434 g/mol. The van der Waals surface area contributed by atoms with Gasteiger partial charge in [0.05, 0.1) is 23.9 Å². The van der Waals surface area contributed by atoms with Crippen LogP contribution in [0.25, 0.3) is 16.6 Å². The minimum absolute atomic E-state index is 0.170. The Bertz CT molecular complexity index is 1230. The minimum atomic E-state index is -4.89. The van der Waals surface area contributed by atoms with Gasteiger partial charge in [-0.05, 0) is 66.8 Å². The van der Waals surface area contributed by atoms with Crippen LogP contribution >= 0.6 is 0 Å². The molecule has 3 unspecified atom stereocenters. The van der Waals surface area contributed by atoms with Crippen LogP contribution in [0.1, 0.15) is 24.8 Å². The molecule has 172 valence electrons. The molecule has 0 radical (unpaired) electrons. The van der Waals surface area contributed by atoms with Gasteiger partial charge in [-0.15, -0.1) is 0 Å². The van der Waals surface area contributed by atoms with Gasteiger partial charge >= 0.3 is 6.18 Å². The average molecular weight is 457 g/mol. The highest BCUT2D eigenvalue weighted by Crippen LogP contribution is 2.42. The van der Waals surface area contributed by atoms with E-state index in [1.54, 1.807) is 6.08 Å². The summed E-state index contributed by atoms with van der Waals surface area (Å²) in [7, 11) is 0. The molecule has 2 N–H and O–H groups in total. The number of fused-ring (bicyclic) bond motifs is 2. The number of rotatable bonds is 5. The number of halogens is 4. The third-order valence-corrected chi connectivity index (χ3v) is 6.74. The van der Waals surface area contributed by atoms with E-state index >= 15 is 0 Å². The van der Waals surface area contributed by atoms with Gasteiger partial charge in [0.25, 0.3) is 0 Å². The van der Waals surface area contributed by atoms with Crippen molar-refractivity contribution in [3.63, 3.8) is 0 Å². The molecule has 1 fully saturated rings. The van der Waals surface area contributed by atoms with Gasteiger partial charge in [-0.3, -0.25) is 0 Å². The normalized spacial score (nSPS) is 22.2. The Hall–Kier alpha value is -3.13. The molecule has 3 atom stereocenters. The Labute approximate surface area is 188 Å². The van der Waals surface area contributed by atoms with Crippen molar-refractivity contribution < 1.29 is 22.7 Å². The van der Waals surface area contributed by atoms with Crippen molar-refractivity contribution >= 4 is 10.9 Å². The number of aliphatic hydroxyl groups is 1. The van der Waals surface area contributed by atoms with Gasteiger partial charge in [0, 0.05) is 17.0 Å². The highest BCUT2D eigenvalue weighted by molar-refractivity contribution is 5.81. The second-order valence-corrected chi connectivity index (χ2v) is 8.73. The van der Waals surface area contributed by atoms with E-state index in [1.165, 1.54) is 53.3 Å². The van der Waals surface area contributed by atoms with Crippen molar-refractivity contribution in [2.24, 2.45) is 11.8 Å². The van der Waals surface area contributed by atoms with Crippen molar-refractivity contribution in [1.82, 2.24) is 15.1 Å². The summed E-state index contributed by atoms with van der Waals surface area (Å²) in [5.41, 5.74) is -1.46. The molecule has 33 heavy (non-hydrogen) atoms. The van der Waals surface area contributed by atoms with Crippen molar-refractivity contribution in [3.8, 4) is 5.69 Å². The first-order chi connectivity index (χ1) is 15.8. The lowest BCUT2D eigenvalue weighted by Gasteiger charge is -2.34. The van der Waals surface area contributed by atoms with Gasteiger partial charge in [0.2, 0.25) is 5.60 Å². The number of allylic oxidation sites excluding steroid dienone is 4. The van der Waals surface area contributed by atoms with Gasteiger partial charge in [-0.1, -0.05) is 24.6 Å². The lowest BCUT2D eigenvalue weighted by atomic mass is 9.87. The zero-order valence-electron chi connectivity index (χ0n) is 17.7.